The van der Waals surface area contributed by atoms with Crippen molar-refractivity contribution in [2.24, 2.45) is 0 Å². The van der Waals surface area contributed by atoms with Gasteiger partial charge in [-0.05, 0) is 34.5 Å². The molecule has 2 heterocycles. The van der Waals surface area contributed by atoms with Gasteiger partial charge in [0.25, 0.3) is 12.2 Å². The number of pyridine rings is 1. The van der Waals surface area contributed by atoms with Crippen LogP contribution in [0.5, 0.6) is 0 Å². The Hall–Kier alpha value is -3.87. The predicted molar refractivity (Wildman–Crippen MR) is 100 cm³/mol. The maximum atomic E-state index is 12.8. The number of hydrogen-bond acceptors (Lipinski definition) is 5. The van der Waals surface area contributed by atoms with E-state index in [-0.39, 0.29) is 11.6 Å². The van der Waals surface area contributed by atoms with Crippen LogP contribution in [0.2, 0.25) is 0 Å². The van der Waals surface area contributed by atoms with E-state index < -0.39 is 0 Å². The van der Waals surface area contributed by atoms with Gasteiger partial charge in [-0.2, -0.15) is 5.10 Å². The number of aromatic nitrogens is 4. The Morgan fingerprint density at radius 1 is 1.07 bits per heavy atom. The van der Waals surface area contributed by atoms with E-state index >= 15 is 0 Å². The Labute approximate surface area is 154 Å². The number of carbonyl (C=O) groups is 1. The monoisotopic (exact) mass is 356 g/mol. The molecule has 131 valence electrons. The van der Waals surface area contributed by atoms with E-state index in [2.05, 4.69) is 20.4 Å². The van der Waals surface area contributed by atoms with Crippen molar-refractivity contribution in [1.82, 2.24) is 19.7 Å². The van der Waals surface area contributed by atoms with Crippen LogP contribution in [0.4, 0.5) is 5.69 Å². The van der Waals surface area contributed by atoms with Gasteiger partial charge in [0.1, 0.15) is 18.3 Å². The zero-order valence-corrected chi connectivity index (χ0v) is 14.2. The third kappa shape index (κ3) is 3.30. The van der Waals surface area contributed by atoms with Crippen LogP contribution in [0.15, 0.2) is 67.4 Å². The molecule has 0 bridgehead atoms. The van der Waals surface area contributed by atoms with Crippen molar-refractivity contribution in [3.05, 3.63) is 84.2 Å². The van der Waals surface area contributed by atoms with E-state index in [1.54, 1.807) is 35.5 Å². The van der Waals surface area contributed by atoms with Crippen molar-refractivity contribution in [2.75, 3.05) is 5.32 Å². The minimum atomic E-state index is -0.317. The van der Waals surface area contributed by atoms with Gasteiger partial charge in [0.05, 0.1) is 12.2 Å². The molecule has 2 aromatic heterocycles. The van der Waals surface area contributed by atoms with Crippen molar-refractivity contribution in [1.29, 1.82) is 0 Å². The minimum Gasteiger partial charge on any atom is -0.320 e. The van der Waals surface area contributed by atoms with E-state index in [9.17, 15) is 9.59 Å². The van der Waals surface area contributed by atoms with Crippen molar-refractivity contribution in [3.63, 3.8) is 0 Å². The van der Waals surface area contributed by atoms with Crippen LogP contribution in [0.1, 0.15) is 21.6 Å². The largest absolute Gasteiger partial charge is 0.320 e. The fourth-order valence-corrected chi connectivity index (χ4v) is 2.96. The molecule has 7 nitrogen and oxygen atoms in total. The van der Waals surface area contributed by atoms with Gasteiger partial charge in [-0.15, -0.1) is 0 Å². The molecular formula is C20H14N5O2. The van der Waals surface area contributed by atoms with Crippen LogP contribution >= 0.6 is 0 Å². The van der Waals surface area contributed by atoms with Crippen LogP contribution in [-0.2, 0) is 11.3 Å². The molecule has 0 unspecified atom stereocenters. The quantitative estimate of drug-likeness (QED) is 0.594. The van der Waals surface area contributed by atoms with Gasteiger partial charge in [0, 0.05) is 11.8 Å². The lowest BCUT2D eigenvalue weighted by atomic mass is 9.99. The summed E-state index contributed by atoms with van der Waals surface area (Å²) in [6.45, 7) is 0.551. The zero-order valence-electron chi connectivity index (χ0n) is 14.2. The Morgan fingerprint density at radius 2 is 1.93 bits per heavy atom. The average Bonchev–Trinajstić information content (AvgIpc) is 3.22. The maximum Gasteiger partial charge on any atom is 0.256 e. The zero-order chi connectivity index (χ0) is 18.6. The van der Waals surface area contributed by atoms with Crippen LogP contribution in [0.25, 0.3) is 10.8 Å². The highest BCUT2D eigenvalue weighted by Gasteiger charge is 2.14. The van der Waals surface area contributed by atoms with Crippen LogP contribution < -0.4 is 5.32 Å². The summed E-state index contributed by atoms with van der Waals surface area (Å²) in [5.74, 6) is -0.317. The Bertz CT molecular complexity index is 1120. The van der Waals surface area contributed by atoms with E-state index in [0.29, 0.717) is 17.8 Å². The average molecular weight is 356 g/mol. The molecule has 1 N–H and O–H groups in total. The summed E-state index contributed by atoms with van der Waals surface area (Å²) < 4.78 is 1.73. The number of rotatable bonds is 5. The molecule has 0 fully saturated rings. The molecule has 0 saturated heterocycles. The van der Waals surface area contributed by atoms with Crippen LogP contribution in [0, 0.1) is 0 Å². The Kier molecular flexibility index (Phi) is 4.40. The molecule has 4 aromatic rings. The lowest BCUT2D eigenvalue weighted by Gasteiger charge is -2.12. The molecule has 0 aliphatic heterocycles. The summed E-state index contributed by atoms with van der Waals surface area (Å²) in [5.41, 5.74) is 1.93. The first kappa shape index (κ1) is 16.6. The van der Waals surface area contributed by atoms with E-state index in [4.69, 9.17) is 0 Å². The second kappa shape index (κ2) is 7.17. The third-order valence-electron chi connectivity index (χ3n) is 4.21. The van der Waals surface area contributed by atoms with Gasteiger partial charge >= 0.3 is 0 Å². The highest BCUT2D eigenvalue weighted by atomic mass is 16.1. The highest BCUT2D eigenvalue weighted by molar-refractivity contribution is 6.14. The summed E-state index contributed by atoms with van der Waals surface area (Å²) in [4.78, 5) is 31.7. The molecule has 1 amide bonds. The van der Waals surface area contributed by atoms with Gasteiger partial charge in [0.15, 0.2) is 0 Å². The molecule has 4 rings (SSSR count). The fraction of sp³-hybridized carbons (Fsp3) is 0.0500. The smallest absolute Gasteiger partial charge is 0.256 e. The first-order chi connectivity index (χ1) is 13.3. The lowest BCUT2D eigenvalue weighted by Crippen LogP contribution is -2.14. The maximum absolute atomic E-state index is 12.8. The fourth-order valence-electron chi connectivity index (χ4n) is 2.96. The topological polar surface area (TPSA) is 89.8 Å². The van der Waals surface area contributed by atoms with E-state index in [0.717, 1.165) is 16.3 Å². The minimum absolute atomic E-state index is 0.0676. The summed E-state index contributed by atoms with van der Waals surface area (Å²) in [7, 11) is 0. The summed E-state index contributed by atoms with van der Waals surface area (Å²) in [6.07, 6.45) is 6.34. The van der Waals surface area contributed by atoms with Gasteiger partial charge in [-0.25, -0.2) is 9.67 Å². The summed E-state index contributed by atoms with van der Waals surface area (Å²) in [5, 5.41) is 8.64. The van der Waals surface area contributed by atoms with E-state index in [1.165, 1.54) is 12.5 Å². The van der Waals surface area contributed by atoms with Crippen LogP contribution in [0.3, 0.4) is 0 Å². The van der Waals surface area contributed by atoms with Gasteiger partial charge in [0.2, 0.25) is 0 Å². The molecular weight excluding hydrogens is 342 g/mol. The Balaban J connectivity index is 1.72. The standard InChI is InChI=1S/C20H14N5O2/c26-11-19-18(6-3-9-22-19)24-20(27)17-8-7-14(10-25-13-21-12-23-25)15-4-1-2-5-16(15)17/h1-9,12-13H,10H2,(H,24,27). The van der Waals surface area contributed by atoms with Crippen molar-refractivity contribution in [3.8, 4) is 0 Å². The Morgan fingerprint density at radius 3 is 2.70 bits per heavy atom. The third-order valence-corrected chi connectivity index (χ3v) is 4.21. The number of hydrogen-bond donors (Lipinski definition) is 1. The van der Waals surface area contributed by atoms with Gasteiger partial charge < -0.3 is 5.32 Å². The van der Waals surface area contributed by atoms with Crippen molar-refractivity contribution < 1.29 is 9.59 Å². The molecule has 0 saturated carbocycles. The summed E-state index contributed by atoms with van der Waals surface area (Å²) >= 11 is 0. The number of amides is 1. The van der Waals surface area contributed by atoms with Crippen molar-refractivity contribution in [2.45, 2.75) is 6.54 Å². The van der Waals surface area contributed by atoms with Crippen LogP contribution in [-0.4, -0.2) is 31.9 Å². The normalized spacial score (nSPS) is 10.7. The van der Waals surface area contributed by atoms with E-state index in [1.807, 2.05) is 30.3 Å². The number of carbonyl (C=O) groups excluding carboxylic acids is 2. The molecule has 27 heavy (non-hydrogen) atoms. The van der Waals surface area contributed by atoms with Gasteiger partial charge in [-0.3, -0.25) is 14.6 Å². The molecule has 2 aromatic carbocycles. The highest BCUT2D eigenvalue weighted by Crippen LogP contribution is 2.24. The summed E-state index contributed by atoms with van der Waals surface area (Å²) in [6, 6.07) is 14.6. The molecule has 7 heteroatoms. The lowest BCUT2D eigenvalue weighted by molar-refractivity contribution is 0.102. The first-order valence-electron chi connectivity index (χ1n) is 8.24. The number of benzene rings is 2. The molecule has 0 atom stereocenters. The predicted octanol–water partition coefficient (Wildman–Crippen LogP) is 2.58. The molecule has 0 aliphatic rings. The SMILES string of the molecule is O=[C]c1ncccc1NC(=O)c1ccc(Cn2cncn2)c2ccccc12. The van der Waals surface area contributed by atoms with Gasteiger partial charge in [-0.1, -0.05) is 30.3 Å². The first-order valence-corrected chi connectivity index (χ1v) is 8.24. The number of anilines is 1. The number of nitrogens with one attached hydrogen (secondary N) is 1. The molecule has 1 radical (unpaired) electrons. The second-order valence-electron chi connectivity index (χ2n) is 5.87. The molecule has 0 aliphatic carbocycles. The number of fused-ring (bicyclic) bond motifs is 1. The molecule has 0 spiro atoms. The second-order valence-corrected chi connectivity index (χ2v) is 5.87. The number of nitrogens with zero attached hydrogens (tertiary/aromatic N) is 4. The van der Waals surface area contributed by atoms with Crippen molar-refractivity contribution >= 4 is 28.7 Å².